The summed E-state index contributed by atoms with van der Waals surface area (Å²) in [5, 5.41) is 23.4. The van der Waals surface area contributed by atoms with Crippen LogP contribution in [0.15, 0.2) is 0 Å². The van der Waals surface area contributed by atoms with Crippen LogP contribution in [0.4, 0.5) is 0 Å². The second kappa shape index (κ2) is 22.4. The molecule has 0 saturated heterocycles. The van der Waals surface area contributed by atoms with Gasteiger partial charge < -0.3 is 31.7 Å². The first kappa shape index (κ1) is 43.8. The van der Waals surface area contributed by atoms with Gasteiger partial charge in [0, 0.05) is 6.42 Å². The third-order valence-electron chi connectivity index (χ3n) is 7.46. The number of unbranched alkanes of at least 4 members (excludes halogenated alkanes) is 1. The zero-order chi connectivity index (χ0) is 36.4. The van der Waals surface area contributed by atoms with Crippen molar-refractivity contribution in [2.24, 2.45) is 29.6 Å². The molecule has 5 atom stereocenters. The second-order valence-corrected chi connectivity index (χ2v) is 15.0. The lowest BCUT2D eigenvalue weighted by molar-refractivity contribution is -0.143. The predicted octanol–water partition coefficient (Wildman–Crippen LogP) is 3.92. The molecule has 0 aromatic carbocycles. The molecule has 5 amide bonds. The minimum absolute atomic E-state index is 0.00208. The van der Waals surface area contributed by atoms with Gasteiger partial charge in [-0.25, -0.2) is 4.79 Å². The van der Waals surface area contributed by atoms with Crippen LogP contribution in [-0.4, -0.2) is 70.8 Å². The molecule has 12 heteroatoms. The van der Waals surface area contributed by atoms with Crippen LogP contribution < -0.4 is 26.6 Å². The smallest absolute Gasteiger partial charge is 0.326 e. The number of hydrogen-bond acceptors (Lipinski definition) is 6. The number of nitrogens with one attached hydrogen (secondary N) is 5. The van der Waals surface area contributed by atoms with Crippen LogP contribution in [0.25, 0.3) is 0 Å². The highest BCUT2D eigenvalue weighted by molar-refractivity contribution is 5.96. The predicted molar refractivity (Wildman–Crippen MR) is 184 cm³/mol. The Morgan fingerprint density at radius 1 is 0.447 bits per heavy atom. The summed E-state index contributed by atoms with van der Waals surface area (Å²) >= 11 is 0. The Bertz CT molecular complexity index is 1010. The molecule has 0 bridgehead atoms. The summed E-state index contributed by atoms with van der Waals surface area (Å²) in [7, 11) is 0. The molecule has 5 unspecified atom stereocenters. The fraction of sp³-hybridized carbons (Fsp3) is 0.829. The molecule has 0 aromatic rings. The lowest BCUT2D eigenvalue weighted by Gasteiger charge is -2.29. The van der Waals surface area contributed by atoms with Gasteiger partial charge in [0.2, 0.25) is 29.5 Å². The van der Waals surface area contributed by atoms with Crippen molar-refractivity contribution in [3.8, 4) is 0 Å². The van der Waals surface area contributed by atoms with Crippen LogP contribution in [0, 0.1) is 29.6 Å². The summed E-state index contributed by atoms with van der Waals surface area (Å²) in [6.07, 6.45) is 3.33. The van der Waals surface area contributed by atoms with Crippen molar-refractivity contribution >= 4 is 35.5 Å². The highest BCUT2D eigenvalue weighted by atomic mass is 16.4. The van der Waals surface area contributed by atoms with Crippen molar-refractivity contribution in [2.75, 3.05) is 0 Å². The highest BCUT2D eigenvalue weighted by Gasteiger charge is 2.33. The second-order valence-electron chi connectivity index (χ2n) is 15.0. The molecule has 0 heterocycles. The first-order chi connectivity index (χ1) is 21.8. The third-order valence-corrected chi connectivity index (χ3v) is 7.46. The number of hydrogen-bond donors (Lipinski definition) is 6. The van der Waals surface area contributed by atoms with Gasteiger partial charge >= 0.3 is 5.97 Å². The Kier molecular flexibility index (Phi) is 20.9. The van der Waals surface area contributed by atoms with Crippen molar-refractivity contribution in [2.45, 2.75) is 158 Å². The third kappa shape index (κ3) is 19.3. The Hall–Kier alpha value is -3.18. The standard InChI is InChI=1S/C35H65N5O7/c1-12-13-14-30(41)36-25(15-20(2)3)31(42)37-26(16-21(4)5)32(43)38-27(17-22(6)7)33(44)39-28(18-23(8)9)34(45)40-29(35(46)47)19-24(10)11/h20-29H,12-19H2,1-11H3,(H,36,41)(H,37,42)(H,38,43)(H,39,44)(H,40,45)(H,46,47). The molecule has 6 N–H and O–H groups in total. The minimum atomic E-state index is -1.15. The summed E-state index contributed by atoms with van der Waals surface area (Å²) in [6, 6.07) is -4.90. The quantitative estimate of drug-likeness (QED) is 0.0955. The molecule has 0 aromatic heterocycles. The number of rotatable bonds is 23. The fourth-order valence-corrected chi connectivity index (χ4v) is 5.20. The van der Waals surface area contributed by atoms with E-state index >= 15 is 0 Å². The van der Waals surface area contributed by atoms with Gasteiger partial charge in [0.25, 0.3) is 0 Å². The van der Waals surface area contributed by atoms with Crippen molar-refractivity contribution < 1.29 is 33.9 Å². The minimum Gasteiger partial charge on any atom is -0.480 e. The molecule has 0 rings (SSSR count). The number of aliphatic carboxylic acids is 1. The van der Waals surface area contributed by atoms with Gasteiger partial charge in [-0.2, -0.15) is 0 Å². The van der Waals surface area contributed by atoms with E-state index in [1.165, 1.54) is 0 Å². The topological polar surface area (TPSA) is 183 Å². The number of carbonyl (C=O) groups excluding carboxylic acids is 5. The van der Waals surface area contributed by atoms with E-state index in [4.69, 9.17) is 0 Å². The maximum atomic E-state index is 13.7. The van der Waals surface area contributed by atoms with Crippen molar-refractivity contribution in [1.29, 1.82) is 0 Å². The van der Waals surface area contributed by atoms with Crippen molar-refractivity contribution in [1.82, 2.24) is 26.6 Å². The van der Waals surface area contributed by atoms with Crippen molar-refractivity contribution in [3.63, 3.8) is 0 Å². The van der Waals surface area contributed by atoms with E-state index in [-0.39, 0.29) is 54.8 Å². The summed E-state index contributed by atoms with van der Waals surface area (Å²) < 4.78 is 0. The van der Waals surface area contributed by atoms with E-state index in [2.05, 4.69) is 26.6 Å². The molecule has 47 heavy (non-hydrogen) atoms. The summed E-state index contributed by atoms with van der Waals surface area (Å²) in [5.41, 5.74) is 0. The van der Waals surface area contributed by atoms with E-state index < -0.39 is 59.8 Å². The van der Waals surface area contributed by atoms with Crippen LogP contribution >= 0.6 is 0 Å². The largest absolute Gasteiger partial charge is 0.480 e. The van der Waals surface area contributed by atoms with Gasteiger partial charge in [-0.1, -0.05) is 82.6 Å². The van der Waals surface area contributed by atoms with Gasteiger partial charge in [0.05, 0.1) is 0 Å². The Morgan fingerprint density at radius 2 is 0.702 bits per heavy atom. The molecular weight excluding hydrogens is 602 g/mol. The molecule has 0 radical (unpaired) electrons. The molecule has 0 aliphatic heterocycles. The van der Waals surface area contributed by atoms with E-state index in [9.17, 15) is 33.9 Å². The highest BCUT2D eigenvalue weighted by Crippen LogP contribution is 2.13. The average molecular weight is 668 g/mol. The Labute approximate surface area is 283 Å². The maximum absolute atomic E-state index is 13.7. The van der Waals surface area contributed by atoms with Crippen LogP contribution in [-0.2, 0) is 28.8 Å². The molecular formula is C35H65N5O7. The first-order valence-electron chi connectivity index (χ1n) is 17.5. The van der Waals surface area contributed by atoms with Gasteiger partial charge in [0.15, 0.2) is 0 Å². The molecule has 0 aliphatic carbocycles. The van der Waals surface area contributed by atoms with Gasteiger partial charge in [-0.05, 0) is 68.1 Å². The Balaban J connectivity index is 6.06. The van der Waals surface area contributed by atoms with Gasteiger partial charge in [0.1, 0.15) is 30.2 Å². The zero-order valence-corrected chi connectivity index (χ0v) is 30.8. The normalized spacial score (nSPS) is 14.8. The van der Waals surface area contributed by atoms with Crippen LogP contribution in [0.2, 0.25) is 0 Å². The molecule has 0 aliphatic rings. The maximum Gasteiger partial charge on any atom is 0.326 e. The van der Waals surface area contributed by atoms with Crippen LogP contribution in [0.1, 0.15) is 128 Å². The SMILES string of the molecule is CCCCC(=O)NC(CC(C)C)C(=O)NC(CC(C)C)C(=O)NC(CC(C)C)C(=O)NC(CC(C)C)C(=O)NC(CC(C)C)C(=O)O. The zero-order valence-electron chi connectivity index (χ0n) is 30.8. The van der Waals surface area contributed by atoms with Crippen LogP contribution in [0.5, 0.6) is 0 Å². The molecule has 0 saturated carbocycles. The van der Waals surface area contributed by atoms with E-state index in [0.717, 1.165) is 6.42 Å². The fourth-order valence-electron chi connectivity index (χ4n) is 5.20. The lowest BCUT2D eigenvalue weighted by Crippen LogP contribution is -2.59. The summed E-state index contributed by atoms with van der Waals surface area (Å²) in [6.45, 7) is 21.0. The van der Waals surface area contributed by atoms with Gasteiger partial charge in [-0.3, -0.25) is 24.0 Å². The summed E-state index contributed by atoms with van der Waals surface area (Å²) in [4.78, 5) is 78.3. The molecule has 12 nitrogen and oxygen atoms in total. The van der Waals surface area contributed by atoms with Crippen molar-refractivity contribution in [3.05, 3.63) is 0 Å². The number of carboxylic acids is 1. The number of amides is 5. The number of carbonyl (C=O) groups is 6. The average Bonchev–Trinajstić information content (AvgIpc) is 2.92. The first-order valence-corrected chi connectivity index (χ1v) is 17.5. The Morgan fingerprint density at radius 3 is 0.957 bits per heavy atom. The lowest BCUT2D eigenvalue weighted by atomic mass is 9.97. The van der Waals surface area contributed by atoms with E-state index in [1.807, 2.05) is 76.2 Å². The van der Waals surface area contributed by atoms with E-state index in [1.54, 1.807) is 0 Å². The molecule has 0 spiro atoms. The summed E-state index contributed by atoms with van der Waals surface area (Å²) in [5.74, 6) is -3.38. The van der Waals surface area contributed by atoms with Gasteiger partial charge in [-0.15, -0.1) is 0 Å². The monoisotopic (exact) mass is 667 g/mol. The van der Waals surface area contributed by atoms with Crippen LogP contribution in [0.3, 0.4) is 0 Å². The number of carboxylic acid groups (broad SMARTS) is 1. The molecule has 272 valence electrons. The molecule has 0 fully saturated rings. The van der Waals surface area contributed by atoms with E-state index in [0.29, 0.717) is 25.7 Å².